The van der Waals surface area contributed by atoms with Gasteiger partial charge < -0.3 is 15.4 Å². The first-order valence-electron chi connectivity index (χ1n) is 10.1. The number of carbonyl (C=O) groups is 1. The fraction of sp³-hybridized carbons (Fsp3) is 0.435. The molecule has 0 spiro atoms. The number of nitrogens with two attached hydrogens (primary N) is 1. The third kappa shape index (κ3) is 5.26. The Morgan fingerprint density at radius 1 is 1.04 bits per heavy atom. The topological polar surface area (TPSA) is 58.8 Å². The summed E-state index contributed by atoms with van der Waals surface area (Å²) in [6.07, 6.45) is 1.28. The van der Waals surface area contributed by atoms with Crippen molar-refractivity contribution in [1.29, 1.82) is 0 Å². The van der Waals surface area contributed by atoms with Crippen molar-refractivity contribution in [2.24, 2.45) is 5.73 Å². The minimum Gasteiger partial charge on any atom is -0.487 e. The van der Waals surface area contributed by atoms with E-state index in [9.17, 15) is 4.79 Å². The number of benzene rings is 2. The Bertz CT molecular complexity index is 753. The number of nitrogens with zero attached hydrogens (tertiary/aromatic N) is 2. The number of hydrogen-bond donors (Lipinski definition) is 1. The lowest BCUT2D eigenvalue weighted by atomic mass is 10.1. The Morgan fingerprint density at radius 2 is 1.68 bits per heavy atom. The van der Waals surface area contributed by atoms with Gasteiger partial charge in [-0.2, -0.15) is 0 Å². The van der Waals surface area contributed by atoms with Crippen LogP contribution < -0.4 is 15.4 Å². The summed E-state index contributed by atoms with van der Waals surface area (Å²) in [5, 5.41) is 0. The van der Waals surface area contributed by atoms with Gasteiger partial charge in [0.1, 0.15) is 12.4 Å². The molecule has 1 saturated heterocycles. The van der Waals surface area contributed by atoms with Gasteiger partial charge in [-0.05, 0) is 44.5 Å². The lowest BCUT2D eigenvalue weighted by Gasteiger charge is -2.46. The molecule has 0 aliphatic carbocycles. The molecule has 0 radical (unpaired) electrons. The number of piperazine rings is 1. The van der Waals surface area contributed by atoms with E-state index in [1.807, 2.05) is 24.3 Å². The molecule has 5 heteroatoms. The van der Waals surface area contributed by atoms with Gasteiger partial charge in [0.05, 0.1) is 5.69 Å². The zero-order valence-electron chi connectivity index (χ0n) is 16.9. The summed E-state index contributed by atoms with van der Waals surface area (Å²) in [5.74, 6) is 0.705. The highest BCUT2D eigenvalue weighted by Crippen LogP contribution is 2.33. The smallest absolute Gasteiger partial charge is 0.217 e. The standard InChI is InChI=1S/C23H31N3O2/c1-18-15-25(14-8-13-23(24)27)16-19(2)26(18)21-11-6-7-12-22(21)28-17-20-9-4-3-5-10-20/h3-7,9-12,18-19H,8,13-17H2,1-2H3,(H2,24,27). The molecule has 1 amide bonds. The quantitative estimate of drug-likeness (QED) is 0.761. The van der Waals surface area contributed by atoms with Crippen molar-refractivity contribution in [3.05, 3.63) is 60.2 Å². The van der Waals surface area contributed by atoms with Crippen LogP contribution in [0.5, 0.6) is 5.75 Å². The minimum absolute atomic E-state index is 0.218. The number of rotatable bonds is 8. The van der Waals surface area contributed by atoms with Crippen molar-refractivity contribution < 1.29 is 9.53 Å². The van der Waals surface area contributed by atoms with Crippen LogP contribution in [0.4, 0.5) is 5.69 Å². The number of hydrogen-bond acceptors (Lipinski definition) is 4. The summed E-state index contributed by atoms with van der Waals surface area (Å²) >= 11 is 0. The zero-order valence-corrected chi connectivity index (χ0v) is 16.9. The first kappa shape index (κ1) is 20.2. The number of primary amides is 1. The van der Waals surface area contributed by atoms with Gasteiger partial charge in [-0.15, -0.1) is 0 Å². The maximum Gasteiger partial charge on any atom is 0.217 e. The molecule has 2 N–H and O–H groups in total. The summed E-state index contributed by atoms with van der Waals surface area (Å²) in [4.78, 5) is 15.9. The molecule has 2 aromatic rings. The van der Waals surface area contributed by atoms with Crippen LogP contribution in [0.2, 0.25) is 0 Å². The van der Waals surface area contributed by atoms with Crippen LogP contribution in [0.1, 0.15) is 32.3 Å². The molecular formula is C23H31N3O2. The van der Waals surface area contributed by atoms with E-state index in [4.69, 9.17) is 10.5 Å². The number of amides is 1. The average molecular weight is 382 g/mol. The van der Waals surface area contributed by atoms with Crippen molar-refractivity contribution in [1.82, 2.24) is 4.90 Å². The number of anilines is 1. The zero-order chi connectivity index (χ0) is 19.9. The van der Waals surface area contributed by atoms with Crippen molar-refractivity contribution in [2.75, 3.05) is 24.5 Å². The van der Waals surface area contributed by atoms with Crippen molar-refractivity contribution >= 4 is 11.6 Å². The summed E-state index contributed by atoms with van der Waals surface area (Å²) in [6.45, 7) is 7.92. The normalized spacial score (nSPS) is 20.1. The van der Waals surface area contributed by atoms with Crippen LogP contribution in [0.15, 0.2) is 54.6 Å². The largest absolute Gasteiger partial charge is 0.487 e. The van der Waals surface area contributed by atoms with Crippen LogP contribution >= 0.6 is 0 Å². The van der Waals surface area contributed by atoms with E-state index >= 15 is 0 Å². The molecule has 1 aliphatic heterocycles. The highest BCUT2D eigenvalue weighted by atomic mass is 16.5. The first-order chi connectivity index (χ1) is 13.5. The molecular weight excluding hydrogens is 350 g/mol. The lowest BCUT2D eigenvalue weighted by molar-refractivity contribution is -0.118. The first-order valence-corrected chi connectivity index (χ1v) is 10.1. The highest BCUT2D eigenvalue weighted by molar-refractivity contribution is 5.73. The van der Waals surface area contributed by atoms with E-state index in [2.05, 4.69) is 54.0 Å². The molecule has 0 saturated carbocycles. The van der Waals surface area contributed by atoms with E-state index < -0.39 is 0 Å². The third-order valence-electron chi connectivity index (χ3n) is 5.27. The molecule has 0 aromatic heterocycles. The molecule has 0 bridgehead atoms. The molecule has 3 rings (SSSR count). The van der Waals surface area contributed by atoms with Gasteiger partial charge in [-0.25, -0.2) is 0 Å². The van der Waals surface area contributed by atoms with E-state index in [0.717, 1.165) is 43.1 Å². The Morgan fingerprint density at radius 3 is 2.36 bits per heavy atom. The van der Waals surface area contributed by atoms with E-state index in [1.165, 1.54) is 0 Å². The third-order valence-corrected chi connectivity index (χ3v) is 5.27. The fourth-order valence-electron chi connectivity index (χ4n) is 4.09. The number of carbonyl (C=O) groups excluding carboxylic acids is 1. The van der Waals surface area contributed by atoms with Crippen LogP contribution in [0.3, 0.4) is 0 Å². The number of ether oxygens (including phenoxy) is 1. The van der Waals surface area contributed by atoms with Gasteiger partial charge in [-0.3, -0.25) is 9.69 Å². The van der Waals surface area contributed by atoms with Gasteiger partial charge >= 0.3 is 0 Å². The summed E-state index contributed by atoms with van der Waals surface area (Å²) in [5.41, 5.74) is 7.58. The Kier molecular flexibility index (Phi) is 6.93. The van der Waals surface area contributed by atoms with Crippen LogP contribution in [-0.2, 0) is 11.4 Å². The minimum atomic E-state index is -0.218. The predicted octanol–water partition coefficient (Wildman–Crippen LogP) is 3.43. The SMILES string of the molecule is CC1CN(CCCC(N)=O)CC(C)N1c1ccccc1OCc1ccccc1. The molecule has 5 nitrogen and oxygen atoms in total. The maximum absolute atomic E-state index is 11.0. The van der Waals surface area contributed by atoms with Gasteiger partial charge in [0.2, 0.25) is 5.91 Å². The molecule has 2 unspecified atom stereocenters. The van der Waals surface area contributed by atoms with Crippen LogP contribution in [0.25, 0.3) is 0 Å². The van der Waals surface area contributed by atoms with E-state index in [-0.39, 0.29) is 5.91 Å². The summed E-state index contributed by atoms with van der Waals surface area (Å²) < 4.78 is 6.18. The maximum atomic E-state index is 11.0. The predicted molar refractivity (Wildman–Crippen MR) is 113 cm³/mol. The molecule has 1 fully saturated rings. The second-order valence-electron chi connectivity index (χ2n) is 7.68. The van der Waals surface area contributed by atoms with Crippen molar-refractivity contribution in [3.8, 4) is 5.75 Å². The van der Waals surface area contributed by atoms with Crippen molar-refractivity contribution in [2.45, 2.75) is 45.4 Å². The second kappa shape index (κ2) is 9.60. The van der Waals surface area contributed by atoms with Gasteiger partial charge in [0, 0.05) is 31.6 Å². The second-order valence-corrected chi connectivity index (χ2v) is 7.68. The molecule has 150 valence electrons. The monoisotopic (exact) mass is 381 g/mol. The molecule has 1 aliphatic rings. The lowest BCUT2D eigenvalue weighted by Crippen LogP contribution is -2.57. The Hall–Kier alpha value is -2.53. The average Bonchev–Trinajstić information content (AvgIpc) is 2.67. The number of para-hydroxylation sites is 2. The van der Waals surface area contributed by atoms with Gasteiger partial charge in [0.15, 0.2) is 0 Å². The molecule has 2 aromatic carbocycles. The van der Waals surface area contributed by atoms with E-state index in [0.29, 0.717) is 25.1 Å². The molecule has 1 heterocycles. The summed E-state index contributed by atoms with van der Waals surface area (Å²) in [6, 6.07) is 19.3. The van der Waals surface area contributed by atoms with Gasteiger partial charge in [0.25, 0.3) is 0 Å². The molecule has 2 atom stereocenters. The highest BCUT2D eigenvalue weighted by Gasteiger charge is 2.30. The fourth-order valence-corrected chi connectivity index (χ4v) is 4.09. The van der Waals surface area contributed by atoms with E-state index in [1.54, 1.807) is 0 Å². The van der Waals surface area contributed by atoms with Crippen LogP contribution in [-0.4, -0.2) is 42.5 Å². The Balaban J connectivity index is 1.67. The molecule has 28 heavy (non-hydrogen) atoms. The summed E-state index contributed by atoms with van der Waals surface area (Å²) in [7, 11) is 0. The Labute approximate surface area is 168 Å². The van der Waals surface area contributed by atoms with Crippen molar-refractivity contribution in [3.63, 3.8) is 0 Å². The van der Waals surface area contributed by atoms with Gasteiger partial charge in [-0.1, -0.05) is 42.5 Å². The van der Waals surface area contributed by atoms with Crippen LogP contribution in [0, 0.1) is 0 Å².